The number of benzene rings is 1. The largest absolute Gasteiger partial charge is 0.310 e. The number of aromatic nitrogens is 2. The summed E-state index contributed by atoms with van der Waals surface area (Å²) >= 11 is 8.62. The van der Waals surface area contributed by atoms with Gasteiger partial charge in [0, 0.05) is 21.1 Å². The second-order valence-corrected chi connectivity index (χ2v) is 6.63. The van der Waals surface area contributed by atoms with Crippen molar-refractivity contribution in [3.8, 4) is 10.6 Å². The van der Waals surface area contributed by atoms with Gasteiger partial charge >= 0.3 is 0 Å². The molecular formula is C12H13Br2N3S. The third-order valence-electron chi connectivity index (χ3n) is 2.33. The molecule has 6 heteroatoms. The molecule has 1 aromatic carbocycles. The first-order valence-corrected chi connectivity index (χ1v) is 8.09. The van der Waals surface area contributed by atoms with Crippen molar-refractivity contribution in [3.63, 3.8) is 0 Å². The molecule has 2 rings (SSSR count). The minimum Gasteiger partial charge on any atom is -0.310 e. The van der Waals surface area contributed by atoms with Crippen LogP contribution in [0.15, 0.2) is 27.1 Å². The van der Waals surface area contributed by atoms with Crippen molar-refractivity contribution in [1.82, 2.24) is 15.5 Å². The fraction of sp³-hybridized carbons (Fsp3) is 0.333. The molecule has 0 aliphatic rings. The van der Waals surface area contributed by atoms with Crippen molar-refractivity contribution >= 4 is 43.2 Å². The smallest absolute Gasteiger partial charge is 0.148 e. The van der Waals surface area contributed by atoms with Gasteiger partial charge in [0.25, 0.3) is 0 Å². The summed E-state index contributed by atoms with van der Waals surface area (Å²) in [5, 5.41) is 13.7. The van der Waals surface area contributed by atoms with Crippen LogP contribution in [0.5, 0.6) is 0 Å². The average molecular weight is 391 g/mol. The van der Waals surface area contributed by atoms with E-state index in [0.29, 0.717) is 0 Å². The third kappa shape index (κ3) is 3.60. The van der Waals surface area contributed by atoms with Gasteiger partial charge in [0.2, 0.25) is 0 Å². The highest BCUT2D eigenvalue weighted by Crippen LogP contribution is 2.32. The van der Waals surface area contributed by atoms with Crippen LogP contribution < -0.4 is 5.32 Å². The maximum atomic E-state index is 4.24. The van der Waals surface area contributed by atoms with Crippen molar-refractivity contribution in [2.75, 3.05) is 6.54 Å². The van der Waals surface area contributed by atoms with Gasteiger partial charge in [0.05, 0.1) is 0 Å². The zero-order chi connectivity index (χ0) is 13.0. The van der Waals surface area contributed by atoms with Gasteiger partial charge in [-0.25, -0.2) is 0 Å². The molecule has 0 radical (unpaired) electrons. The van der Waals surface area contributed by atoms with Crippen LogP contribution in [0.4, 0.5) is 0 Å². The molecule has 0 amide bonds. The fourth-order valence-electron chi connectivity index (χ4n) is 1.47. The van der Waals surface area contributed by atoms with Crippen molar-refractivity contribution in [3.05, 3.63) is 32.2 Å². The van der Waals surface area contributed by atoms with Gasteiger partial charge in [-0.1, -0.05) is 50.1 Å². The van der Waals surface area contributed by atoms with Gasteiger partial charge in [-0.05, 0) is 31.2 Å². The minimum atomic E-state index is 0.791. The van der Waals surface area contributed by atoms with Crippen LogP contribution in [0.3, 0.4) is 0 Å². The molecule has 96 valence electrons. The summed E-state index contributed by atoms with van der Waals surface area (Å²) < 4.78 is 2.08. The molecule has 2 aromatic rings. The number of halogens is 2. The van der Waals surface area contributed by atoms with Crippen LogP contribution in [0.1, 0.15) is 18.4 Å². The molecule has 0 saturated heterocycles. The highest BCUT2D eigenvalue weighted by atomic mass is 79.9. The van der Waals surface area contributed by atoms with Gasteiger partial charge in [-0.15, -0.1) is 10.2 Å². The van der Waals surface area contributed by atoms with Gasteiger partial charge in [0.15, 0.2) is 0 Å². The summed E-state index contributed by atoms with van der Waals surface area (Å²) in [6, 6.07) is 6.07. The number of hydrogen-bond acceptors (Lipinski definition) is 4. The Kier molecular flexibility index (Phi) is 5.29. The first-order valence-electron chi connectivity index (χ1n) is 5.69. The van der Waals surface area contributed by atoms with Crippen molar-refractivity contribution in [2.24, 2.45) is 0 Å². The molecule has 1 aromatic heterocycles. The number of nitrogens with one attached hydrogen (secondary N) is 1. The number of hydrogen-bond donors (Lipinski definition) is 1. The molecule has 0 spiro atoms. The Balaban J connectivity index is 2.13. The molecule has 0 saturated carbocycles. The highest BCUT2D eigenvalue weighted by Gasteiger charge is 2.09. The van der Waals surface area contributed by atoms with E-state index in [0.717, 1.165) is 44.0 Å². The Morgan fingerprint density at radius 1 is 1.28 bits per heavy atom. The zero-order valence-corrected chi connectivity index (χ0v) is 13.9. The van der Waals surface area contributed by atoms with E-state index in [-0.39, 0.29) is 0 Å². The van der Waals surface area contributed by atoms with Gasteiger partial charge in [0.1, 0.15) is 10.0 Å². The second-order valence-electron chi connectivity index (χ2n) is 3.80. The Morgan fingerprint density at radius 3 is 2.83 bits per heavy atom. The molecule has 3 nitrogen and oxygen atoms in total. The fourth-order valence-corrected chi connectivity index (χ4v) is 3.68. The SMILES string of the molecule is CCCNCc1nnc(-c2ccc(Br)cc2Br)s1. The highest BCUT2D eigenvalue weighted by molar-refractivity contribution is 9.11. The van der Waals surface area contributed by atoms with E-state index >= 15 is 0 Å². The molecule has 1 N–H and O–H groups in total. The zero-order valence-electron chi connectivity index (χ0n) is 9.91. The molecule has 0 fully saturated rings. The van der Waals surface area contributed by atoms with Gasteiger partial charge < -0.3 is 5.32 Å². The Hall–Kier alpha value is -0.300. The lowest BCUT2D eigenvalue weighted by atomic mass is 10.2. The molecule has 0 unspecified atom stereocenters. The third-order valence-corrected chi connectivity index (χ3v) is 4.44. The first kappa shape index (κ1) is 14.1. The summed E-state index contributed by atoms with van der Waals surface area (Å²) in [7, 11) is 0. The van der Waals surface area contributed by atoms with E-state index in [9.17, 15) is 0 Å². The van der Waals surface area contributed by atoms with Crippen LogP contribution in [-0.2, 0) is 6.54 Å². The average Bonchev–Trinajstić information content (AvgIpc) is 2.78. The summed E-state index contributed by atoms with van der Waals surface area (Å²) in [5.41, 5.74) is 1.08. The second kappa shape index (κ2) is 6.75. The van der Waals surface area contributed by atoms with Crippen LogP contribution in [0.25, 0.3) is 10.6 Å². The standard InChI is InChI=1S/C12H13Br2N3S/c1-2-5-15-7-11-16-17-12(18-11)9-4-3-8(13)6-10(9)14/h3-4,6,15H,2,5,7H2,1H3. The van der Waals surface area contributed by atoms with Gasteiger partial charge in [-0.3, -0.25) is 0 Å². The maximum absolute atomic E-state index is 4.24. The van der Waals surface area contributed by atoms with E-state index < -0.39 is 0 Å². The first-order chi connectivity index (χ1) is 8.70. The number of rotatable bonds is 5. The Bertz CT molecular complexity index is 528. The Labute approximate surface area is 127 Å². The minimum absolute atomic E-state index is 0.791. The molecule has 1 heterocycles. The van der Waals surface area contributed by atoms with Crippen molar-refractivity contribution in [2.45, 2.75) is 19.9 Å². The van der Waals surface area contributed by atoms with Crippen LogP contribution >= 0.6 is 43.2 Å². The quantitative estimate of drug-likeness (QED) is 0.776. The van der Waals surface area contributed by atoms with Crippen molar-refractivity contribution < 1.29 is 0 Å². The lowest BCUT2D eigenvalue weighted by Gasteiger charge is -2.00. The molecule has 0 aliphatic carbocycles. The number of nitrogens with zero attached hydrogens (tertiary/aromatic N) is 2. The van der Waals surface area contributed by atoms with Crippen LogP contribution in [-0.4, -0.2) is 16.7 Å². The van der Waals surface area contributed by atoms with E-state index in [2.05, 4.69) is 54.3 Å². The summed E-state index contributed by atoms with van der Waals surface area (Å²) in [6.07, 6.45) is 1.13. The maximum Gasteiger partial charge on any atom is 0.148 e. The lowest BCUT2D eigenvalue weighted by molar-refractivity contribution is 0.668. The molecule has 18 heavy (non-hydrogen) atoms. The van der Waals surface area contributed by atoms with Crippen LogP contribution in [0, 0.1) is 0 Å². The van der Waals surface area contributed by atoms with E-state index in [1.54, 1.807) is 11.3 Å². The molecule has 0 bridgehead atoms. The summed E-state index contributed by atoms with van der Waals surface area (Å²) in [4.78, 5) is 0. The molecular weight excluding hydrogens is 378 g/mol. The summed E-state index contributed by atoms with van der Waals surface area (Å²) in [6.45, 7) is 3.95. The normalized spacial score (nSPS) is 10.8. The summed E-state index contributed by atoms with van der Waals surface area (Å²) in [5.74, 6) is 0. The topological polar surface area (TPSA) is 37.8 Å². The monoisotopic (exact) mass is 389 g/mol. The van der Waals surface area contributed by atoms with Gasteiger partial charge in [-0.2, -0.15) is 0 Å². The predicted molar refractivity (Wildman–Crippen MR) is 82.7 cm³/mol. The predicted octanol–water partition coefficient (Wildman–Crippen LogP) is 4.23. The van der Waals surface area contributed by atoms with E-state index in [1.807, 2.05) is 18.2 Å². The van der Waals surface area contributed by atoms with E-state index in [4.69, 9.17) is 0 Å². The Morgan fingerprint density at radius 2 is 2.11 bits per heavy atom. The van der Waals surface area contributed by atoms with Crippen LogP contribution in [0.2, 0.25) is 0 Å². The molecule has 0 atom stereocenters. The van der Waals surface area contributed by atoms with Crippen molar-refractivity contribution in [1.29, 1.82) is 0 Å². The van der Waals surface area contributed by atoms with E-state index in [1.165, 1.54) is 0 Å². The molecule has 0 aliphatic heterocycles. The lowest BCUT2D eigenvalue weighted by Crippen LogP contribution is -2.13.